The van der Waals surface area contributed by atoms with Crippen LogP contribution in [0.4, 0.5) is 5.82 Å². The standard InChI is InChI=1S/C16H19BrN4/c1-3-9-18-16-13(17)14(11-7-8-11)20-15(21-16)12-6-4-5-10(2)19-12/h4-6,11H,3,7-9H2,1-2H3,(H,18,20,21). The molecule has 2 aromatic heterocycles. The Hall–Kier alpha value is -1.49. The third kappa shape index (κ3) is 3.23. The first-order valence-corrected chi connectivity index (χ1v) is 8.23. The maximum atomic E-state index is 4.75. The van der Waals surface area contributed by atoms with Gasteiger partial charge in [-0.3, -0.25) is 0 Å². The molecule has 0 saturated heterocycles. The molecule has 1 saturated carbocycles. The van der Waals surface area contributed by atoms with Gasteiger partial charge in [0.1, 0.15) is 11.5 Å². The molecule has 110 valence electrons. The number of rotatable bonds is 5. The molecule has 0 bridgehead atoms. The average Bonchev–Trinajstić information content (AvgIpc) is 3.31. The van der Waals surface area contributed by atoms with E-state index in [9.17, 15) is 0 Å². The molecule has 1 aliphatic rings. The minimum absolute atomic E-state index is 0.563. The molecule has 0 unspecified atom stereocenters. The molecule has 0 radical (unpaired) electrons. The van der Waals surface area contributed by atoms with Gasteiger partial charge in [-0.1, -0.05) is 13.0 Å². The van der Waals surface area contributed by atoms with E-state index in [4.69, 9.17) is 4.98 Å². The number of hydrogen-bond donors (Lipinski definition) is 1. The Morgan fingerprint density at radius 3 is 2.71 bits per heavy atom. The second-order valence-electron chi connectivity index (χ2n) is 5.46. The van der Waals surface area contributed by atoms with Crippen LogP contribution >= 0.6 is 15.9 Å². The summed E-state index contributed by atoms with van der Waals surface area (Å²) >= 11 is 3.67. The number of halogens is 1. The van der Waals surface area contributed by atoms with E-state index in [0.29, 0.717) is 11.7 Å². The van der Waals surface area contributed by atoms with Gasteiger partial charge in [0.25, 0.3) is 0 Å². The van der Waals surface area contributed by atoms with Crippen molar-refractivity contribution in [1.82, 2.24) is 15.0 Å². The largest absolute Gasteiger partial charge is 0.369 e. The zero-order chi connectivity index (χ0) is 14.8. The van der Waals surface area contributed by atoms with E-state index in [0.717, 1.165) is 40.3 Å². The van der Waals surface area contributed by atoms with Crippen molar-refractivity contribution < 1.29 is 0 Å². The van der Waals surface area contributed by atoms with E-state index in [1.54, 1.807) is 0 Å². The Balaban J connectivity index is 2.05. The van der Waals surface area contributed by atoms with Gasteiger partial charge in [-0.05, 0) is 54.2 Å². The van der Waals surface area contributed by atoms with Crippen LogP contribution < -0.4 is 5.32 Å². The van der Waals surface area contributed by atoms with Gasteiger partial charge in [0.15, 0.2) is 5.82 Å². The van der Waals surface area contributed by atoms with Crippen LogP contribution in [0.1, 0.15) is 43.5 Å². The first-order chi connectivity index (χ1) is 10.2. The fourth-order valence-electron chi connectivity index (χ4n) is 2.23. The Kier molecular flexibility index (Phi) is 4.19. The summed E-state index contributed by atoms with van der Waals surface area (Å²) in [5.74, 6) is 2.16. The third-order valence-electron chi connectivity index (χ3n) is 3.50. The second kappa shape index (κ2) is 6.10. The van der Waals surface area contributed by atoms with Crippen molar-refractivity contribution in [3.05, 3.63) is 34.1 Å². The lowest BCUT2D eigenvalue weighted by molar-refractivity contribution is 0.936. The van der Waals surface area contributed by atoms with Gasteiger partial charge in [-0.2, -0.15) is 0 Å². The molecule has 1 N–H and O–H groups in total. The molecule has 0 aromatic carbocycles. The predicted molar refractivity (Wildman–Crippen MR) is 88.5 cm³/mol. The Bertz CT molecular complexity index is 653. The lowest BCUT2D eigenvalue weighted by Gasteiger charge is -2.12. The van der Waals surface area contributed by atoms with E-state index in [2.05, 4.69) is 38.1 Å². The SMILES string of the molecule is CCCNc1nc(-c2cccc(C)n2)nc(C2CC2)c1Br. The zero-order valence-corrected chi connectivity index (χ0v) is 13.9. The topological polar surface area (TPSA) is 50.7 Å². The van der Waals surface area contributed by atoms with Gasteiger partial charge in [0.05, 0.1) is 10.2 Å². The molecule has 5 heteroatoms. The highest BCUT2D eigenvalue weighted by Gasteiger charge is 2.29. The number of anilines is 1. The van der Waals surface area contributed by atoms with E-state index in [1.807, 2.05) is 25.1 Å². The van der Waals surface area contributed by atoms with E-state index >= 15 is 0 Å². The molecule has 1 aliphatic carbocycles. The van der Waals surface area contributed by atoms with Crippen molar-refractivity contribution in [3.8, 4) is 11.5 Å². The summed E-state index contributed by atoms with van der Waals surface area (Å²) < 4.78 is 1.01. The van der Waals surface area contributed by atoms with Crippen molar-refractivity contribution in [2.24, 2.45) is 0 Å². The van der Waals surface area contributed by atoms with Gasteiger partial charge in [0.2, 0.25) is 0 Å². The Morgan fingerprint density at radius 2 is 2.05 bits per heavy atom. The molecule has 3 rings (SSSR count). The van der Waals surface area contributed by atoms with E-state index in [1.165, 1.54) is 12.8 Å². The van der Waals surface area contributed by atoms with Crippen molar-refractivity contribution in [2.45, 2.75) is 39.0 Å². The minimum Gasteiger partial charge on any atom is -0.369 e. The highest BCUT2D eigenvalue weighted by atomic mass is 79.9. The summed E-state index contributed by atoms with van der Waals surface area (Å²) in [4.78, 5) is 14.0. The van der Waals surface area contributed by atoms with Crippen LogP contribution in [0, 0.1) is 6.92 Å². The van der Waals surface area contributed by atoms with E-state index < -0.39 is 0 Å². The van der Waals surface area contributed by atoms with Crippen molar-refractivity contribution >= 4 is 21.7 Å². The lowest BCUT2D eigenvalue weighted by atomic mass is 10.2. The Morgan fingerprint density at radius 1 is 1.24 bits per heavy atom. The molecule has 0 atom stereocenters. The van der Waals surface area contributed by atoms with Crippen molar-refractivity contribution in [1.29, 1.82) is 0 Å². The van der Waals surface area contributed by atoms with Crippen molar-refractivity contribution in [2.75, 3.05) is 11.9 Å². The Labute approximate surface area is 133 Å². The highest BCUT2D eigenvalue weighted by Crippen LogP contribution is 2.44. The van der Waals surface area contributed by atoms with Crippen LogP contribution in [-0.4, -0.2) is 21.5 Å². The number of aromatic nitrogens is 3. The number of pyridine rings is 1. The van der Waals surface area contributed by atoms with Crippen molar-refractivity contribution in [3.63, 3.8) is 0 Å². The molecule has 4 nitrogen and oxygen atoms in total. The first kappa shape index (κ1) is 14.4. The van der Waals surface area contributed by atoms with Crippen LogP contribution in [-0.2, 0) is 0 Å². The fraction of sp³-hybridized carbons (Fsp3) is 0.438. The minimum atomic E-state index is 0.563. The number of nitrogens with one attached hydrogen (secondary N) is 1. The zero-order valence-electron chi connectivity index (χ0n) is 12.4. The number of aryl methyl sites for hydroxylation is 1. The molecule has 2 aromatic rings. The smallest absolute Gasteiger partial charge is 0.180 e. The van der Waals surface area contributed by atoms with Gasteiger partial charge in [-0.15, -0.1) is 0 Å². The molecular formula is C16H19BrN4. The molecule has 0 amide bonds. The fourth-order valence-corrected chi connectivity index (χ4v) is 2.88. The quantitative estimate of drug-likeness (QED) is 0.876. The van der Waals surface area contributed by atoms with Crippen LogP contribution in [0.15, 0.2) is 22.7 Å². The summed E-state index contributed by atoms with van der Waals surface area (Å²) in [6, 6.07) is 5.95. The number of hydrogen-bond acceptors (Lipinski definition) is 4. The first-order valence-electron chi connectivity index (χ1n) is 7.44. The van der Waals surface area contributed by atoms with E-state index in [-0.39, 0.29) is 0 Å². The van der Waals surface area contributed by atoms with Gasteiger partial charge in [-0.25, -0.2) is 15.0 Å². The molecular weight excluding hydrogens is 328 g/mol. The van der Waals surface area contributed by atoms with Crippen LogP contribution in [0.25, 0.3) is 11.5 Å². The van der Waals surface area contributed by atoms with Crippen LogP contribution in [0.3, 0.4) is 0 Å². The molecule has 2 heterocycles. The third-order valence-corrected chi connectivity index (χ3v) is 4.28. The van der Waals surface area contributed by atoms with Gasteiger partial charge in [0, 0.05) is 18.2 Å². The summed E-state index contributed by atoms with van der Waals surface area (Å²) in [6.45, 7) is 5.04. The summed E-state index contributed by atoms with van der Waals surface area (Å²) in [5, 5.41) is 3.38. The monoisotopic (exact) mass is 346 g/mol. The molecule has 21 heavy (non-hydrogen) atoms. The summed E-state index contributed by atoms with van der Waals surface area (Å²) in [6.07, 6.45) is 3.49. The molecule has 0 aliphatic heterocycles. The highest BCUT2D eigenvalue weighted by molar-refractivity contribution is 9.10. The summed E-state index contributed by atoms with van der Waals surface area (Å²) in [5.41, 5.74) is 2.93. The maximum Gasteiger partial charge on any atom is 0.180 e. The van der Waals surface area contributed by atoms with Gasteiger partial charge < -0.3 is 5.32 Å². The van der Waals surface area contributed by atoms with Crippen LogP contribution in [0.5, 0.6) is 0 Å². The van der Waals surface area contributed by atoms with Gasteiger partial charge >= 0.3 is 0 Å². The average molecular weight is 347 g/mol. The van der Waals surface area contributed by atoms with Crippen LogP contribution in [0.2, 0.25) is 0 Å². The normalized spacial score (nSPS) is 14.2. The lowest BCUT2D eigenvalue weighted by Crippen LogP contribution is -2.07. The maximum absolute atomic E-state index is 4.75. The second-order valence-corrected chi connectivity index (χ2v) is 6.25. The summed E-state index contributed by atoms with van der Waals surface area (Å²) in [7, 11) is 0. The number of nitrogens with zero attached hydrogens (tertiary/aromatic N) is 3. The predicted octanol–water partition coefficient (Wildman–Crippen LogP) is 4.31. The molecule has 1 fully saturated rings. The molecule has 0 spiro atoms.